The predicted molar refractivity (Wildman–Crippen MR) is 186 cm³/mol. The van der Waals surface area contributed by atoms with Gasteiger partial charge in [0, 0.05) is 53.4 Å². The number of nitrogens with zero attached hydrogens (tertiary/aromatic N) is 2. The van der Waals surface area contributed by atoms with Crippen molar-refractivity contribution in [2.75, 3.05) is 26.3 Å². The highest BCUT2D eigenvalue weighted by Gasteiger charge is 2.48. The van der Waals surface area contributed by atoms with Crippen molar-refractivity contribution < 1.29 is 69.7 Å². The van der Waals surface area contributed by atoms with Crippen LogP contribution in [-0.2, 0) is 23.7 Å². The highest BCUT2D eigenvalue weighted by Crippen LogP contribution is 2.35. The summed E-state index contributed by atoms with van der Waals surface area (Å²) < 4.78 is 22.3. The maximum Gasteiger partial charge on any atom is 0.303 e. The molecule has 52 heavy (non-hydrogen) atoms. The third kappa shape index (κ3) is 8.58. The van der Waals surface area contributed by atoms with Gasteiger partial charge in [0.2, 0.25) is 0 Å². The van der Waals surface area contributed by atoms with Gasteiger partial charge in [-0.05, 0) is 10.8 Å². The number of aromatic hydroxyl groups is 4. The van der Waals surface area contributed by atoms with Crippen LogP contribution < -0.4 is 0 Å². The molecule has 9 N–H and O–H groups in total. The predicted octanol–water partition coefficient (Wildman–Crippen LogP) is 0.805. The van der Waals surface area contributed by atoms with E-state index in [4.69, 9.17) is 18.9 Å². The zero-order valence-corrected chi connectivity index (χ0v) is 27.8. The van der Waals surface area contributed by atoms with Crippen molar-refractivity contribution in [3.05, 3.63) is 71.8 Å². The second-order valence-electron chi connectivity index (χ2n) is 12.0. The molecule has 0 amide bonds. The van der Waals surface area contributed by atoms with Crippen molar-refractivity contribution >= 4 is 39.9 Å². The summed E-state index contributed by atoms with van der Waals surface area (Å²) in [6.07, 6.45) is -9.85. The van der Waals surface area contributed by atoms with E-state index >= 15 is 0 Å². The number of rotatable bonds is 14. The largest absolute Gasteiger partial charge is 0.507 e. The lowest BCUT2D eigenvalue weighted by Crippen LogP contribution is -2.61. The quantitative estimate of drug-likeness (QED) is 0.0495. The highest BCUT2D eigenvalue weighted by atomic mass is 16.7. The van der Waals surface area contributed by atoms with E-state index in [-0.39, 0.29) is 40.7 Å². The van der Waals surface area contributed by atoms with Gasteiger partial charge < -0.3 is 64.9 Å². The van der Waals surface area contributed by atoms with Crippen LogP contribution in [0.5, 0.6) is 23.0 Å². The second-order valence-corrected chi connectivity index (χ2v) is 12.0. The Hall–Kier alpha value is -4.91. The van der Waals surface area contributed by atoms with Crippen molar-refractivity contribution in [3.8, 4) is 23.0 Å². The molecule has 0 aromatic heterocycles. The van der Waals surface area contributed by atoms with Gasteiger partial charge in [0.05, 0.1) is 26.3 Å². The van der Waals surface area contributed by atoms with Gasteiger partial charge in [0.25, 0.3) is 0 Å². The summed E-state index contributed by atoms with van der Waals surface area (Å²) in [5, 5.41) is 95.9. The smallest absolute Gasteiger partial charge is 0.303 e. The molecule has 8 atom stereocenters. The molecule has 4 aromatic rings. The molecule has 1 fully saturated rings. The Morgan fingerprint density at radius 2 is 1.31 bits per heavy atom. The van der Waals surface area contributed by atoms with Gasteiger partial charge in [-0.1, -0.05) is 48.5 Å². The standard InChI is InChI=1S/C36H40N2O14/c1-18(41)49-35-33(47)31(17-40)52-36(34(35)48)51-29(14-37-12-23-19-6-2-4-8-21(19)25(42)10-27(23)44)30(16-39)50-32(46)15-38-13-24-20-7-3-5-9-22(20)26(43)11-28(24)45/h2-13,29-36,39-40,42-48H,14-17H2,1H3/t29-,30+,31-,32-,33+,34+,35+,36-/m0/s1. The number of hydrogen-bond donors (Lipinski definition) is 9. The minimum Gasteiger partial charge on any atom is -0.507 e. The number of carbonyl (C=O) groups is 1. The fourth-order valence-corrected chi connectivity index (χ4v) is 5.89. The molecule has 16 heteroatoms. The molecular formula is C36H40N2O14. The van der Waals surface area contributed by atoms with Crippen LogP contribution in [0.25, 0.3) is 21.5 Å². The van der Waals surface area contributed by atoms with Crippen LogP contribution >= 0.6 is 0 Å². The lowest BCUT2D eigenvalue weighted by molar-refractivity contribution is -0.322. The SMILES string of the molecule is CC(=O)O[C@H]1[C@@H](O)[C@@H](O[C@@H](CN=Cc2c(O)cc(O)c3ccccc23)[C@@H](CO)O[C@H](O)CN=Cc2c(O)cc(O)c3ccccc23)O[C@@H](CO)[C@H]1O. The first-order valence-electron chi connectivity index (χ1n) is 16.2. The van der Waals surface area contributed by atoms with Gasteiger partial charge in [-0.3, -0.25) is 14.8 Å². The second kappa shape index (κ2) is 17.1. The van der Waals surface area contributed by atoms with E-state index < -0.39 is 74.9 Å². The fraction of sp³-hybridized carbons (Fsp3) is 0.361. The van der Waals surface area contributed by atoms with Crippen molar-refractivity contribution in [3.63, 3.8) is 0 Å². The number of phenols is 4. The van der Waals surface area contributed by atoms with Crippen LogP contribution in [0, 0.1) is 0 Å². The minimum atomic E-state index is -1.79. The van der Waals surface area contributed by atoms with Gasteiger partial charge in [-0.2, -0.15) is 0 Å². The molecule has 0 unspecified atom stereocenters. The summed E-state index contributed by atoms with van der Waals surface area (Å²) in [6.45, 7) is -1.22. The summed E-state index contributed by atoms with van der Waals surface area (Å²) >= 11 is 0. The van der Waals surface area contributed by atoms with E-state index in [9.17, 15) is 50.8 Å². The van der Waals surface area contributed by atoms with Crippen LogP contribution in [0.15, 0.2) is 70.6 Å². The number of aliphatic hydroxyl groups excluding tert-OH is 5. The van der Waals surface area contributed by atoms with Gasteiger partial charge in [0.15, 0.2) is 18.7 Å². The van der Waals surface area contributed by atoms with Crippen molar-refractivity contribution in [1.29, 1.82) is 0 Å². The molecular weight excluding hydrogens is 684 g/mol. The van der Waals surface area contributed by atoms with E-state index in [1.165, 1.54) is 12.4 Å². The van der Waals surface area contributed by atoms with Crippen LogP contribution in [0.2, 0.25) is 0 Å². The van der Waals surface area contributed by atoms with Crippen molar-refractivity contribution in [1.82, 2.24) is 0 Å². The molecule has 0 bridgehead atoms. The molecule has 4 aromatic carbocycles. The summed E-state index contributed by atoms with van der Waals surface area (Å²) in [4.78, 5) is 20.2. The van der Waals surface area contributed by atoms with E-state index in [0.29, 0.717) is 21.5 Å². The van der Waals surface area contributed by atoms with Crippen LogP contribution in [0.1, 0.15) is 18.1 Å². The molecule has 0 spiro atoms. The lowest BCUT2D eigenvalue weighted by Gasteiger charge is -2.42. The average Bonchev–Trinajstić information content (AvgIpc) is 3.12. The van der Waals surface area contributed by atoms with Crippen LogP contribution in [0.3, 0.4) is 0 Å². The first-order valence-corrected chi connectivity index (χ1v) is 16.2. The van der Waals surface area contributed by atoms with E-state index in [2.05, 4.69) is 9.98 Å². The van der Waals surface area contributed by atoms with E-state index in [1.807, 2.05) is 0 Å². The van der Waals surface area contributed by atoms with Crippen molar-refractivity contribution in [2.24, 2.45) is 9.98 Å². The zero-order valence-electron chi connectivity index (χ0n) is 27.8. The first-order chi connectivity index (χ1) is 24.9. The third-order valence-electron chi connectivity index (χ3n) is 8.43. The monoisotopic (exact) mass is 724 g/mol. The Morgan fingerprint density at radius 1 is 0.788 bits per heavy atom. The maximum absolute atomic E-state index is 11.7. The molecule has 1 heterocycles. The molecule has 16 nitrogen and oxygen atoms in total. The average molecular weight is 725 g/mol. The summed E-state index contributed by atoms with van der Waals surface area (Å²) in [6, 6.07) is 15.8. The Bertz CT molecular complexity index is 1920. The molecule has 1 saturated heterocycles. The number of aliphatic hydroxyl groups is 5. The molecule has 0 radical (unpaired) electrons. The molecule has 1 aliphatic heterocycles. The van der Waals surface area contributed by atoms with E-state index in [1.54, 1.807) is 48.5 Å². The third-order valence-corrected chi connectivity index (χ3v) is 8.43. The van der Waals surface area contributed by atoms with Crippen LogP contribution in [-0.4, -0.2) is 140 Å². The summed E-state index contributed by atoms with van der Waals surface area (Å²) in [7, 11) is 0. The van der Waals surface area contributed by atoms with Crippen molar-refractivity contribution in [2.45, 2.75) is 56.1 Å². The van der Waals surface area contributed by atoms with Gasteiger partial charge in [0.1, 0.15) is 53.5 Å². The lowest BCUT2D eigenvalue weighted by atomic mass is 9.99. The molecule has 5 rings (SSSR count). The Kier molecular flexibility index (Phi) is 12.6. The molecule has 0 saturated carbocycles. The van der Waals surface area contributed by atoms with Gasteiger partial charge in [-0.15, -0.1) is 0 Å². The minimum absolute atomic E-state index is 0.132. The number of benzene rings is 4. The number of ether oxygens (including phenoxy) is 4. The maximum atomic E-state index is 11.7. The molecule has 1 aliphatic rings. The number of hydrogen-bond acceptors (Lipinski definition) is 16. The summed E-state index contributed by atoms with van der Waals surface area (Å²) in [5.41, 5.74) is 0.506. The van der Waals surface area contributed by atoms with Gasteiger partial charge >= 0.3 is 5.97 Å². The van der Waals surface area contributed by atoms with Gasteiger partial charge in [-0.25, -0.2) is 0 Å². The number of esters is 1. The summed E-state index contributed by atoms with van der Waals surface area (Å²) in [5.74, 6) is -1.67. The number of carbonyl (C=O) groups excluding carboxylic acids is 1. The van der Waals surface area contributed by atoms with E-state index in [0.717, 1.165) is 19.1 Å². The Morgan fingerprint density at radius 3 is 1.81 bits per heavy atom. The highest BCUT2D eigenvalue weighted by molar-refractivity contribution is 6.05. The topological polar surface area (TPSA) is 261 Å². The molecule has 278 valence electrons. The zero-order chi connectivity index (χ0) is 37.5. The Balaban J connectivity index is 1.39. The Labute approximate surface area is 296 Å². The number of phenolic OH excluding ortho intramolecular Hbond substituents is 4. The number of aliphatic imine (C=N–C) groups is 2. The normalized spacial score (nSPS) is 22.6. The molecule has 0 aliphatic carbocycles. The van der Waals surface area contributed by atoms with Crippen LogP contribution in [0.4, 0.5) is 0 Å². The fourth-order valence-electron chi connectivity index (χ4n) is 5.89. The first kappa shape index (κ1) is 38.3. The number of fused-ring (bicyclic) bond motifs is 2.